The molecule has 71 heavy (non-hydrogen) atoms. The zero-order valence-corrected chi connectivity index (χ0v) is 40.2. The minimum Gasteiger partial charge on any atom is -0.0459 e. The SMILES string of the molecule is [2H]C([2H])([2H])c1ccc(-n2[c](=[Pt])n(-c3c(-c4ccccc4)cccc3-c3ccccc3)c3ccccc32)[c-]c1Oc1[c-]c2c(cc1)c1cc3c4cc(C#N)cc5c6ccccc6n(c3cc1n2-c1cc(C)ccn1)c54. The van der Waals surface area contributed by atoms with Gasteiger partial charge in [0.25, 0.3) is 0 Å². The third kappa shape index (κ3) is 6.25. The number of aromatic nitrogens is 5. The molecular formula is C63H38N6OPt-2. The monoisotopic (exact) mass is 1090 g/mol. The van der Waals surface area contributed by atoms with Crippen molar-refractivity contribution in [3.05, 3.63) is 227 Å². The average molecular weight is 1090 g/mol. The maximum absolute atomic E-state index is 10.2. The molecule has 8 heteroatoms. The molecule has 0 spiro atoms. The van der Waals surface area contributed by atoms with Gasteiger partial charge in [-0.15, -0.1) is 0 Å². The Balaban J connectivity index is 0.969. The van der Waals surface area contributed by atoms with E-state index >= 15 is 0 Å². The van der Waals surface area contributed by atoms with Crippen LogP contribution in [0, 0.1) is 41.0 Å². The molecule has 5 aromatic heterocycles. The number of nitriles is 1. The molecule has 0 aliphatic carbocycles. The normalized spacial score (nSPS) is 12.7. The number of hydrogen-bond donors (Lipinski definition) is 0. The van der Waals surface area contributed by atoms with E-state index in [4.69, 9.17) is 13.8 Å². The molecule has 14 rings (SSSR count). The summed E-state index contributed by atoms with van der Waals surface area (Å²) in [5, 5.41) is 16.2. The van der Waals surface area contributed by atoms with E-state index in [0.29, 0.717) is 28.3 Å². The van der Waals surface area contributed by atoms with Gasteiger partial charge in [0.05, 0.1) is 28.2 Å². The van der Waals surface area contributed by atoms with Gasteiger partial charge in [0, 0.05) is 27.7 Å². The Labute approximate surface area is 422 Å². The van der Waals surface area contributed by atoms with Crippen molar-refractivity contribution in [2.24, 2.45) is 0 Å². The number of fused-ring (bicyclic) bond motifs is 10. The predicted octanol–water partition coefficient (Wildman–Crippen LogP) is 15.4. The fourth-order valence-electron chi connectivity index (χ4n) is 10.7. The third-order valence-corrected chi connectivity index (χ3v) is 14.8. The smallest absolute Gasteiger partial charge is 0.0459 e. The van der Waals surface area contributed by atoms with E-state index in [2.05, 4.69) is 159 Å². The average Bonchev–Trinajstić information content (AvgIpc) is 4.25. The molecule has 338 valence electrons. The van der Waals surface area contributed by atoms with Crippen molar-refractivity contribution in [3.63, 3.8) is 0 Å². The number of rotatable bonds is 7. The molecule has 0 saturated heterocycles. The molecule has 0 fully saturated rings. The Morgan fingerprint density at radius 2 is 1.25 bits per heavy atom. The summed E-state index contributed by atoms with van der Waals surface area (Å²) in [5.74, 6) is 1.08. The number of aryl methyl sites for hydroxylation is 2. The van der Waals surface area contributed by atoms with E-state index in [1.54, 1.807) is 12.3 Å². The van der Waals surface area contributed by atoms with Gasteiger partial charge in [0.1, 0.15) is 0 Å². The minimum atomic E-state index is -2.53. The number of para-hydroxylation sites is 4. The second-order valence-electron chi connectivity index (χ2n) is 17.9. The van der Waals surface area contributed by atoms with Gasteiger partial charge in [-0.3, -0.25) is 0 Å². The van der Waals surface area contributed by atoms with Gasteiger partial charge in [0.15, 0.2) is 0 Å². The van der Waals surface area contributed by atoms with Crippen LogP contribution >= 0.6 is 0 Å². The van der Waals surface area contributed by atoms with Crippen molar-refractivity contribution in [1.29, 1.82) is 5.26 Å². The first-order valence-electron chi connectivity index (χ1n) is 24.8. The number of nitrogens with zero attached hydrogens (tertiary/aromatic N) is 6. The summed E-state index contributed by atoms with van der Waals surface area (Å²) in [7, 11) is 0. The van der Waals surface area contributed by atoms with Gasteiger partial charge in [0.2, 0.25) is 0 Å². The van der Waals surface area contributed by atoms with Crippen molar-refractivity contribution in [2.45, 2.75) is 13.8 Å². The van der Waals surface area contributed by atoms with E-state index < -0.39 is 6.85 Å². The van der Waals surface area contributed by atoms with E-state index in [1.165, 1.54) is 0 Å². The Hall–Kier alpha value is -8.82. The van der Waals surface area contributed by atoms with Crippen LogP contribution in [0.4, 0.5) is 0 Å². The first-order chi connectivity index (χ1) is 36.1. The molecular weight excluding hydrogens is 1050 g/mol. The second kappa shape index (κ2) is 15.9. The number of hydrogen-bond acceptors (Lipinski definition) is 3. The molecule has 0 amide bonds. The molecule has 9 aromatic carbocycles. The topological polar surface area (TPSA) is 65.1 Å². The Bertz CT molecular complexity index is 4680. The molecule has 0 unspecified atom stereocenters. The molecule has 0 aliphatic heterocycles. The Morgan fingerprint density at radius 3 is 1.97 bits per heavy atom. The molecule has 0 N–H and O–H groups in total. The van der Waals surface area contributed by atoms with Gasteiger partial charge in [-0.2, -0.15) is 5.26 Å². The van der Waals surface area contributed by atoms with Crippen LogP contribution in [0.5, 0.6) is 11.5 Å². The van der Waals surface area contributed by atoms with E-state index in [1.807, 2.05) is 85.8 Å². The van der Waals surface area contributed by atoms with Crippen LogP contribution in [0.1, 0.15) is 20.8 Å². The quantitative estimate of drug-likeness (QED) is 0.149. The van der Waals surface area contributed by atoms with Crippen molar-refractivity contribution < 1.29 is 28.2 Å². The summed E-state index contributed by atoms with van der Waals surface area (Å²) in [6.07, 6.45) is 1.81. The fourth-order valence-corrected chi connectivity index (χ4v) is 11.8. The fraction of sp³-hybridized carbons (Fsp3) is 0.0317. The summed E-state index contributed by atoms with van der Waals surface area (Å²) >= 11 is 2.38. The van der Waals surface area contributed by atoms with Crippen molar-refractivity contribution >= 4 is 70.9 Å². The molecule has 0 radical (unpaired) electrons. The van der Waals surface area contributed by atoms with Gasteiger partial charge >= 0.3 is 305 Å². The molecule has 0 saturated carbocycles. The first kappa shape index (κ1) is 38.1. The third-order valence-electron chi connectivity index (χ3n) is 13.8. The molecule has 5 heterocycles. The first-order valence-corrected chi connectivity index (χ1v) is 24.4. The van der Waals surface area contributed by atoms with Crippen LogP contribution < -0.4 is 4.74 Å². The second-order valence-corrected chi connectivity index (χ2v) is 18.9. The summed E-state index contributed by atoms with van der Waals surface area (Å²) in [4.78, 5) is 4.90. The molecule has 7 nitrogen and oxygen atoms in total. The molecule has 0 atom stereocenters. The zero-order chi connectivity index (χ0) is 50.0. The van der Waals surface area contributed by atoms with Crippen LogP contribution in [0.25, 0.3) is 110 Å². The van der Waals surface area contributed by atoms with Crippen LogP contribution in [0.2, 0.25) is 0 Å². The number of imidazole rings is 1. The summed E-state index contributed by atoms with van der Waals surface area (Å²) in [6.45, 7) is -0.489. The maximum atomic E-state index is 10.2. The van der Waals surface area contributed by atoms with Crippen molar-refractivity contribution in [1.82, 2.24) is 23.1 Å². The van der Waals surface area contributed by atoms with E-state index in [-0.39, 0.29) is 11.3 Å². The number of pyridine rings is 1. The van der Waals surface area contributed by atoms with Crippen molar-refractivity contribution in [3.8, 4) is 57.0 Å². The Kier molecular flexibility index (Phi) is 8.51. The predicted molar refractivity (Wildman–Crippen MR) is 282 cm³/mol. The van der Waals surface area contributed by atoms with Crippen LogP contribution in [0.15, 0.2) is 194 Å². The van der Waals surface area contributed by atoms with E-state index in [9.17, 15) is 5.26 Å². The standard InChI is InChI=1S/C63H38N6O.Pt/c1-39-28-29-65-61(30-39)68-57-34-45(26-27-49(57)50-35-51-53-32-41(37-64)31-52-48-18-9-10-21-54(48)69(63(52)53)59(51)36-58(50)68)70-60-33-44(25-24-40(60)2)66-38-67(56-23-12-11-22-55(56)66)62-46(42-14-5-3-6-15-42)19-13-20-47(62)43-16-7-4-8-17-43;/h3-32,35-36H,1-2H3;/q-2;/i2D3;. The van der Waals surface area contributed by atoms with Crippen LogP contribution in [-0.2, 0) is 19.4 Å². The Morgan fingerprint density at radius 1 is 0.577 bits per heavy atom. The summed E-state index contributed by atoms with van der Waals surface area (Å²) < 4.78 is 42.6. The van der Waals surface area contributed by atoms with Crippen molar-refractivity contribution in [2.75, 3.05) is 0 Å². The van der Waals surface area contributed by atoms with Gasteiger partial charge in [-0.1, -0.05) is 18.2 Å². The van der Waals surface area contributed by atoms with Crippen LogP contribution in [0.3, 0.4) is 0 Å². The van der Waals surface area contributed by atoms with E-state index in [0.717, 1.165) is 103 Å². The van der Waals surface area contributed by atoms with Gasteiger partial charge in [-0.05, 0) is 36.8 Å². The summed E-state index contributed by atoms with van der Waals surface area (Å²) in [5.41, 5.74) is 14.2. The minimum absolute atomic E-state index is 0.0214. The molecule has 0 aliphatic rings. The summed E-state index contributed by atoms with van der Waals surface area (Å²) in [6, 6.07) is 73.0. The number of ether oxygens (including phenoxy) is 1. The molecule has 0 bridgehead atoms. The zero-order valence-electron chi connectivity index (χ0n) is 40.9. The van der Waals surface area contributed by atoms with Crippen LogP contribution in [-0.4, -0.2) is 23.1 Å². The van der Waals surface area contributed by atoms with Gasteiger partial charge in [-0.25, -0.2) is 0 Å². The number of benzene rings is 9. The molecule has 14 aromatic rings. The van der Waals surface area contributed by atoms with Gasteiger partial charge < -0.3 is 4.40 Å².